The fraction of sp³-hybridized carbons (Fsp3) is 0.267. The number of aromatic nitrogens is 2. The smallest absolute Gasteiger partial charge is 0.404 e. The molecular formula is C30H31N5O3. The molecule has 0 spiro atoms. The normalized spacial score (nSPS) is 13.6. The molecule has 0 bridgehead atoms. The van der Waals surface area contributed by atoms with Crippen LogP contribution in [-0.4, -0.2) is 39.2 Å². The Morgan fingerprint density at radius 2 is 1.87 bits per heavy atom. The lowest BCUT2D eigenvalue weighted by Gasteiger charge is -2.15. The first kappa shape index (κ1) is 25.2. The van der Waals surface area contributed by atoms with Crippen LogP contribution in [0.4, 0.5) is 10.7 Å². The molecule has 1 aliphatic rings. The van der Waals surface area contributed by atoms with Crippen LogP contribution >= 0.6 is 0 Å². The van der Waals surface area contributed by atoms with E-state index < -0.39 is 6.09 Å². The first-order chi connectivity index (χ1) is 18.3. The van der Waals surface area contributed by atoms with Gasteiger partial charge >= 0.3 is 6.09 Å². The Morgan fingerprint density at radius 3 is 2.66 bits per heavy atom. The maximum absolute atomic E-state index is 12.6. The van der Waals surface area contributed by atoms with Crippen molar-refractivity contribution < 1.29 is 14.7 Å². The summed E-state index contributed by atoms with van der Waals surface area (Å²) in [4.78, 5) is 32.6. The molecule has 1 heterocycles. The zero-order chi connectivity index (χ0) is 26.6. The van der Waals surface area contributed by atoms with E-state index in [9.17, 15) is 9.59 Å². The zero-order valence-corrected chi connectivity index (χ0v) is 21.5. The number of aryl methyl sites for hydroxylation is 1. The Balaban J connectivity index is 1.28. The Hall–Kier alpha value is -4.46. The van der Waals surface area contributed by atoms with Gasteiger partial charge in [-0.15, -0.1) is 0 Å². The van der Waals surface area contributed by atoms with Crippen molar-refractivity contribution in [2.24, 2.45) is 0 Å². The number of carbonyl (C=O) groups is 2. The number of hydrogen-bond donors (Lipinski definition) is 4. The molecule has 0 unspecified atom stereocenters. The first-order valence-corrected chi connectivity index (χ1v) is 12.8. The van der Waals surface area contributed by atoms with Gasteiger partial charge in [0.15, 0.2) is 0 Å². The second-order valence-corrected chi connectivity index (χ2v) is 9.97. The van der Waals surface area contributed by atoms with Gasteiger partial charge in [0.2, 0.25) is 5.95 Å². The summed E-state index contributed by atoms with van der Waals surface area (Å²) >= 11 is 0. The van der Waals surface area contributed by atoms with E-state index in [1.165, 1.54) is 0 Å². The fourth-order valence-corrected chi connectivity index (χ4v) is 4.51. The van der Waals surface area contributed by atoms with Gasteiger partial charge in [0.25, 0.3) is 5.91 Å². The Morgan fingerprint density at radius 1 is 1.05 bits per heavy atom. The van der Waals surface area contributed by atoms with Crippen molar-refractivity contribution in [3.63, 3.8) is 0 Å². The molecular weight excluding hydrogens is 478 g/mol. The highest BCUT2D eigenvalue weighted by atomic mass is 16.4. The average Bonchev–Trinajstić information content (AvgIpc) is 3.71. The van der Waals surface area contributed by atoms with Gasteiger partial charge < -0.3 is 21.1 Å². The van der Waals surface area contributed by atoms with Crippen molar-refractivity contribution in [1.29, 1.82) is 0 Å². The molecule has 5 rings (SSSR count). The third-order valence-electron chi connectivity index (χ3n) is 6.66. The quantitative estimate of drug-likeness (QED) is 0.243. The molecule has 1 fully saturated rings. The van der Waals surface area contributed by atoms with E-state index in [1.807, 2.05) is 67.7 Å². The molecule has 8 nitrogen and oxygen atoms in total. The number of nitrogens with zero attached hydrogens (tertiary/aromatic N) is 2. The predicted octanol–water partition coefficient (Wildman–Crippen LogP) is 5.31. The fourth-order valence-electron chi connectivity index (χ4n) is 4.51. The van der Waals surface area contributed by atoms with Crippen LogP contribution < -0.4 is 16.0 Å². The molecule has 1 atom stereocenters. The van der Waals surface area contributed by atoms with Crippen molar-refractivity contribution >= 4 is 28.9 Å². The van der Waals surface area contributed by atoms with Crippen molar-refractivity contribution in [2.45, 2.75) is 51.7 Å². The molecule has 4 aromatic rings. The number of amides is 2. The number of anilines is 1. The van der Waals surface area contributed by atoms with Gasteiger partial charge in [-0.25, -0.2) is 14.8 Å². The number of benzene rings is 3. The van der Waals surface area contributed by atoms with Crippen LogP contribution in [-0.2, 0) is 13.0 Å². The van der Waals surface area contributed by atoms with E-state index in [2.05, 4.69) is 33.9 Å². The van der Waals surface area contributed by atoms with Gasteiger partial charge in [0.05, 0.1) is 5.52 Å². The monoisotopic (exact) mass is 509 g/mol. The predicted molar refractivity (Wildman–Crippen MR) is 148 cm³/mol. The number of carboxylic acid groups (broad SMARTS) is 1. The van der Waals surface area contributed by atoms with E-state index in [0.717, 1.165) is 58.0 Å². The minimum atomic E-state index is -1.04. The van der Waals surface area contributed by atoms with Crippen molar-refractivity contribution in [3.8, 4) is 11.1 Å². The molecule has 1 saturated carbocycles. The van der Waals surface area contributed by atoms with Crippen molar-refractivity contribution in [3.05, 3.63) is 89.1 Å². The molecule has 8 heteroatoms. The van der Waals surface area contributed by atoms with Crippen LogP contribution in [0.3, 0.4) is 0 Å². The first-order valence-electron chi connectivity index (χ1n) is 12.8. The minimum Gasteiger partial charge on any atom is -0.465 e. The molecule has 1 aromatic heterocycles. The van der Waals surface area contributed by atoms with Crippen molar-refractivity contribution in [1.82, 2.24) is 20.6 Å². The van der Waals surface area contributed by atoms with Crippen LogP contribution in [0, 0.1) is 6.92 Å². The van der Waals surface area contributed by atoms with E-state index in [4.69, 9.17) is 10.1 Å². The van der Waals surface area contributed by atoms with Gasteiger partial charge in [-0.2, -0.15) is 0 Å². The van der Waals surface area contributed by atoms with Gasteiger partial charge in [0.1, 0.15) is 0 Å². The second kappa shape index (κ2) is 10.9. The number of hydrogen-bond acceptors (Lipinski definition) is 5. The van der Waals surface area contributed by atoms with E-state index in [-0.39, 0.29) is 18.5 Å². The Bertz CT molecular complexity index is 1500. The summed E-state index contributed by atoms with van der Waals surface area (Å²) < 4.78 is 0. The maximum atomic E-state index is 12.6. The van der Waals surface area contributed by atoms with Crippen LogP contribution in [0.1, 0.15) is 46.8 Å². The lowest BCUT2D eigenvalue weighted by molar-refractivity contribution is 0.0951. The lowest BCUT2D eigenvalue weighted by atomic mass is 9.97. The van der Waals surface area contributed by atoms with E-state index in [0.29, 0.717) is 17.6 Å². The summed E-state index contributed by atoms with van der Waals surface area (Å²) in [5, 5.41) is 18.6. The van der Waals surface area contributed by atoms with Gasteiger partial charge in [-0.1, -0.05) is 36.4 Å². The summed E-state index contributed by atoms with van der Waals surface area (Å²) in [6.07, 6.45) is 3.64. The Labute approximate surface area is 221 Å². The summed E-state index contributed by atoms with van der Waals surface area (Å²) in [6, 6.07) is 20.2. The van der Waals surface area contributed by atoms with Crippen molar-refractivity contribution in [2.75, 3.05) is 5.32 Å². The number of rotatable bonds is 9. The highest BCUT2D eigenvalue weighted by molar-refractivity contribution is 5.96. The lowest BCUT2D eigenvalue weighted by Crippen LogP contribution is -2.25. The molecule has 2 amide bonds. The number of carbonyl (C=O) groups excluding carboxylic acids is 1. The highest BCUT2D eigenvalue weighted by Crippen LogP contribution is 2.28. The largest absolute Gasteiger partial charge is 0.465 e. The van der Waals surface area contributed by atoms with Crippen LogP contribution in [0.15, 0.2) is 66.9 Å². The molecule has 1 aliphatic carbocycles. The summed E-state index contributed by atoms with van der Waals surface area (Å²) in [7, 11) is 0. The molecule has 3 aromatic carbocycles. The van der Waals surface area contributed by atoms with Crippen LogP contribution in [0.5, 0.6) is 0 Å². The summed E-state index contributed by atoms with van der Waals surface area (Å²) in [6.45, 7) is 4.39. The van der Waals surface area contributed by atoms with Gasteiger partial charge in [-0.3, -0.25) is 4.79 Å². The standard InChI is InChI=1S/C30H31N5O3/c1-18-6-7-23(28(36)34-25-9-10-25)15-26(18)22-8-11-27-24(14-22)17-31-29(35-27)33-19(2)12-20-4-3-5-21(13-20)16-32-30(37)38/h3-8,11,13-15,17,19,25,32H,9-10,12,16H2,1-2H3,(H,34,36)(H,37,38)(H,31,33,35)/t19-/m0/s1. The zero-order valence-electron chi connectivity index (χ0n) is 21.5. The number of fused-ring (bicyclic) bond motifs is 1. The average molecular weight is 510 g/mol. The van der Waals surface area contributed by atoms with Gasteiger partial charge in [-0.05, 0) is 85.2 Å². The van der Waals surface area contributed by atoms with Crippen LogP contribution in [0.2, 0.25) is 0 Å². The Kier molecular flexibility index (Phi) is 7.22. The molecule has 0 saturated heterocycles. The highest BCUT2D eigenvalue weighted by Gasteiger charge is 2.24. The molecule has 0 aliphatic heterocycles. The molecule has 194 valence electrons. The second-order valence-electron chi connectivity index (χ2n) is 9.97. The molecule has 38 heavy (non-hydrogen) atoms. The molecule has 0 radical (unpaired) electrons. The summed E-state index contributed by atoms with van der Waals surface area (Å²) in [5.41, 5.74) is 6.66. The third kappa shape index (κ3) is 6.26. The summed E-state index contributed by atoms with van der Waals surface area (Å²) in [5.74, 6) is 0.530. The van der Waals surface area contributed by atoms with E-state index >= 15 is 0 Å². The maximum Gasteiger partial charge on any atom is 0.404 e. The van der Waals surface area contributed by atoms with Crippen LogP contribution in [0.25, 0.3) is 22.0 Å². The topological polar surface area (TPSA) is 116 Å². The minimum absolute atomic E-state index is 0.0219. The SMILES string of the molecule is Cc1ccc(C(=O)NC2CC2)cc1-c1ccc2nc(N[C@@H](C)Cc3cccc(CNC(=O)O)c3)ncc2c1. The molecule has 4 N–H and O–H groups in total. The van der Waals surface area contributed by atoms with E-state index in [1.54, 1.807) is 0 Å². The van der Waals surface area contributed by atoms with Gasteiger partial charge in [0, 0.05) is 35.8 Å². The third-order valence-corrected chi connectivity index (χ3v) is 6.66. The number of nitrogens with one attached hydrogen (secondary N) is 3.